The Kier molecular flexibility index (Phi) is 3.78. The number of hydrogen-bond acceptors (Lipinski definition) is 2. The lowest BCUT2D eigenvalue weighted by atomic mass is 10.3. The molecule has 0 atom stereocenters. The van der Waals surface area contributed by atoms with Crippen LogP contribution in [0.2, 0.25) is 0 Å². The van der Waals surface area contributed by atoms with Gasteiger partial charge in [-0.05, 0) is 12.8 Å². The van der Waals surface area contributed by atoms with Crippen LogP contribution in [0.3, 0.4) is 0 Å². The summed E-state index contributed by atoms with van der Waals surface area (Å²) in [5, 5.41) is 0. The molecule has 1 aliphatic heterocycles. The van der Waals surface area contributed by atoms with E-state index in [0.29, 0.717) is 13.2 Å². The molecular weight excluding hydrogens is 175 g/mol. The van der Waals surface area contributed by atoms with Gasteiger partial charge in [0.15, 0.2) is 11.1 Å². The van der Waals surface area contributed by atoms with Crippen LogP contribution < -0.4 is 0 Å². The second kappa shape index (κ2) is 4.39. The predicted octanol–water partition coefficient (Wildman–Crippen LogP) is 1.94. The predicted molar refractivity (Wildman–Crippen MR) is 40.4 cm³/mol. The number of hydrogen-bond donors (Lipinski definition) is 0. The standard InChI is InChI=1S/C6H10Cl2O2/c7-5(8)6-9-3-1-2-4-10-6/h5-6H,1-4H2. The van der Waals surface area contributed by atoms with Gasteiger partial charge >= 0.3 is 0 Å². The lowest BCUT2D eigenvalue weighted by Crippen LogP contribution is -2.22. The van der Waals surface area contributed by atoms with Crippen LogP contribution in [0.5, 0.6) is 0 Å². The number of halogens is 2. The van der Waals surface area contributed by atoms with E-state index in [1.54, 1.807) is 0 Å². The van der Waals surface area contributed by atoms with Gasteiger partial charge in [-0.3, -0.25) is 0 Å². The van der Waals surface area contributed by atoms with Crippen molar-refractivity contribution in [2.75, 3.05) is 13.2 Å². The molecule has 0 aromatic rings. The van der Waals surface area contributed by atoms with Crippen molar-refractivity contribution in [3.63, 3.8) is 0 Å². The van der Waals surface area contributed by atoms with Crippen molar-refractivity contribution in [3.8, 4) is 0 Å². The maximum absolute atomic E-state index is 5.54. The maximum atomic E-state index is 5.54. The average Bonchev–Trinajstić information content (AvgIpc) is 2.12. The van der Waals surface area contributed by atoms with Gasteiger partial charge in [0.05, 0.1) is 0 Å². The van der Waals surface area contributed by atoms with Gasteiger partial charge in [-0.15, -0.1) is 0 Å². The highest BCUT2D eigenvalue weighted by molar-refractivity contribution is 6.44. The minimum Gasteiger partial charge on any atom is -0.350 e. The fourth-order valence-corrected chi connectivity index (χ4v) is 1.09. The van der Waals surface area contributed by atoms with E-state index < -0.39 is 11.1 Å². The van der Waals surface area contributed by atoms with E-state index in [2.05, 4.69) is 0 Å². The molecule has 1 saturated heterocycles. The van der Waals surface area contributed by atoms with E-state index in [0.717, 1.165) is 12.8 Å². The van der Waals surface area contributed by atoms with Crippen molar-refractivity contribution >= 4 is 23.2 Å². The SMILES string of the molecule is ClC(Cl)C1OCCCCO1. The van der Waals surface area contributed by atoms with Crippen LogP contribution in [-0.2, 0) is 9.47 Å². The molecule has 1 aliphatic rings. The molecule has 0 aliphatic carbocycles. The summed E-state index contributed by atoms with van der Waals surface area (Å²) in [7, 11) is 0. The molecule has 0 radical (unpaired) electrons. The summed E-state index contributed by atoms with van der Waals surface area (Å²) >= 11 is 11.1. The van der Waals surface area contributed by atoms with Gasteiger partial charge in [-0.1, -0.05) is 23.2 Å². The van der Waals surface area contributed by atoms with Crippen LogP contribution in [0.1, 0.15) is 12.8 Å². The molecule has 0 aromatic carbocycles. The molecule has 1 rings (SSSR count). The Morgan fingerprint density at radius 1 is 1.10 bits per heavy atom. The van der Waals surface area contributed by atoms with Crippen molar-refractivity contribution in [2.24, 2.45) is 0 Å². The van der Waals surface area contributed by atoms with Gasteiger partial charge in [0.1, 0.15) is 0 Å². The Labute approximate surface area is 70.4 Å². The Bertz CT molecular complexity index is 89.7. The zero-order chi connectivity index (χ0) is 7.40. The molecule has 10 heavy (non-hydrogen) atoms. The highest BCUT2D eigenvalue weighted by atomic mass is 35.5. The normalized spacial score (nSPS) is 23.1. The Morgan fingerprint density at radius 2 is 1.60 bits per heavy atom. The van der Waals surface area contributed by atoms with Crippen LogP contribution in [0.4, 0.5) is 0 Å². The molecule has 4 heteroatoms. The third-order valence-corrected chi connectivity index (χ3v) is 1.72. The molecular formula is C6H10Cl2O2. The molecule has 1 fully saturated rings. The van der Waals surface area contributed by atoms with Gasteiger partial charge in [0, 0.05) is 13.2 Å². The molecule has 1 heterocycles. The van der Waals surface area contributed by atoms with Crippen LogP contribution in [0.15, 0.2) is 0 Å². The molecule has 60 valence electrons. The van der Waals surface area contributed by atoms with Crippen molar-refractivity contribution in [3.05, 3.63) is 0 Å². The molecule has 0 aromatic heterocycles. The summed E-state index contributed by atoms with van der Waals surface area (Å²) in [6.45, 7) is 1.39. The molecule has 0 bridgehead atoms. The second-order valence-electron chi connectivity index (χ2n) is 2.15. The van der Waals surface area contributed by atoms with E-state index in [1.807, 2.05) is 0 Å². The van der Waals surface area contributed by atoms with Crippen molar-refractivity contribution in [1.29, 1.82) is 0 Å². The van der Waals surface area contributed by atoms with Gasteiger partial charge in [0.25, 0.3) is 0 Å². The minimum atomic E-state index is -0.571. The molecule has 0 spiro atoms. The smallest absolute Gasteiger partial charge is 0.187 e. The highest BCUT2D eigenvalue weighted by Crippen LogP contribution is 2.16. The number of ether oxygens (including phenoxy) is 2. The van der Waals surface area contributed by atoms with Crippen molar-refractivity contribution in [1.82, 2.24) is 0 Å². The monoisotopic (exact) mass is 184 g/mol. The lowest BCUT2D eigenvalue weighted by molar-refractivity contribution is -0.116. The molecule has 0 saturated carbocycles. The Hall–Kier alpha value is 0.500. The quantitative estimate of drug-likeness (QED) is 0.581. The summed E-state index contributed by atoms with van der Waals surface area (Å²) in [6, 6.07) is 0. The summed E-state index contributed by atoms with van der Waals surface area (Å²) in [6.07, 6.45) is 1.62. The minimum absolute atomic E-state index is 0.425. The summed E-state index contributed by atoms with van der Waals surface area (Å²) in [4.78, 5) is -0.571. The van der Waals surface area contributed by atoms with Crippen LogP contribution in [-0.4, -0.2) is 24.3 Å². The second-order valence-corrected chi connectivity index (χ2v) is 3.32. The molecule has 0 amide bonds. The van der Waals surface area contributed by atoms with Crippen molar-refractivity contribution in [2.45, 2.75) is 24.0 Å². The Morgan fingerprint density at radius 3 is 2.00 bits per heavy atom. The van der Waals surface area contributed by atoms with Gasteiger partial charge in [0.2, 0.25) is 0 Å². The fourth-order valence-electron chi connectivity index (χ4n) is 0.797. The maximum Gasteiger partial charge on any atom is 0.187 e. The van der Waals surface area contributed by atoms with Gasteiger partial charge < -0.3 is 9.47 Å². The fraction of sp³-hybridized carbons (Fsp3) is 1.00. The first kappa shape index (κ1) is 8.60. The third kappa shape index (κ3) is 2.62. The van der Waals surface area contributed by atoms with Gasteiger partial charge in [-0.25, -0.2) is 0 Å². The van der Waals surface area contributed by atoms with Crippen LogP contribution in [0, 0.1) is 0 Å². The van der Waals surface area contributed by atoms with E-state index in [9.17, 15) is 0 Å². The first-order valence-electron chi connectivity index (χ1n) is 3.32. The van der Waals surface area contributed by atoms with E-state index >= 15 is 0 Å². The molecule has 0 N–H and O–H groups in total. The van der Waals surface area contributed by atoms with E-state index in [4.69, 9.17) is 32.7 Å². The lowest BCUT2D eigenvalue weighted by Gasteiger charge is -2.15. The summed E-state index contributed by atoms with van der Waals surface area (Å²) in [5.74, 6) is 0. The van der Waals surface area contributed by atoms with Crippen LogP contribution >= 0.6 is 23.2 Å². The largest absolute Gasteiger partial charge is 0.350 e. The van der Waals surface area contributed by atoms with E-state index in [-0.39, 0.29) is 0 Å². The topological polar surface area (TPSA) is 18.5 Å². The van der Waals surface area contributed by atoms with E-state index in [1.165, 1.54) is 0 Å². The first-order chi connectivity index (χ1) is 4.80. The zero-order valence-electron chi connectivity index (χ0n) is 5.56. The van der Waals surface area contributed by atoms with Crippen molar-refractivity contribution < 1.29 is 9.47 Å². The summed E-state index contributed by atoms with van der Waals surface area (Å²) < 4.78 is 10.4. The summed E-state index contributed by atoms with van der Waals surface area (Å²) in [5.41, 5.74) is 0. The van der Waals surface area contributed by atoms with Gasteiger partial charge in [-0.2, -0.15) is 0 Å². The average molecular weight is 185 g/mol. The number of alkyl halides is 2. The number of rotatable bonds is 1. The molecule has 2 nitrogen and oxygen atoms in total. The molecule has 0 unspecified atom stereocenters. The highest BCUT2D eigenvalue weighted by Gasteiger charge is 2.19. The third-order valence-electron chi connectivity index (χ3n) is 1.31. The van der Waals surface area contributed by atoms with Crippen LogP contribution in [0.25, 0.3) is 0 Å². The Balaban J connectivity index is 2.28. The first-order valence-corrected chi connectivity index (χ1v) is 4.19. The zero-order valence-corrected chi connectivity index (χ0v) is 7.07.